The summed E-state index contributed by atoms with van der Waals surface area (Å²) in [6.45, 7) is 4.34. The lowest BCUT2D eigenvalue weighted by atomic mass is 9.85. The molecule has 1 fully saturated rings. The fourth-order valence-electron chi connectivity index (χ4n) is 3.46. The zero-order valence-electron chi connectivity index (χ0n) is 15.2. The van der Waals surface area contributed by atoms with E-state index < -0.39 is 38.2 Å². The van der Waals surface area contributed by atoms with Crippen molar-refractivity contribution in [2.75, 3.05) is 26.7 Å². The summed E-state index contributed by atoms with van der Waals surface area (Å²) < 4.78 is 55.4. The lowest BCUT2D eigenvalue weighted by Crippen LogP contribution is -2.58. The van der Waals surface area contributed by atoms with Crippen molar-refractivity contribution >= 4 is 15.7 Å². The number of fused-ring (bicyclic) bond motifs is 1. The van der Waals surface area contributed by atoms with E-state index in [0.29, 0.717) is 13.1 Å². The molecule has 1 aromatic carbocycles. The van der Waals surface area contributed by atoms with Crippen LogP contribution in [0.4, 0.5) is 8.78 Å². The van der Waals surface area contributed by atoms with Gasteiger partial charge in [-0.3, -0.25) is 9.69 Å². The predicted molar refractivity (Wildman–Crippen MR) is 92.3 cm³/mol. The van der Waals surface area contributed by atoms with E-state index >= 15 is 0 Å². The third-order valence-corrected chi connectivity index (χ3v) is 6.41. The minimum Gasteiger partial charge on any atom is -0.485 e. The van der Waals surface area contributed by atoms with Crippen LogP contribution in [-0.2, 0) is 14.6 Å². The third kappa shape index (κ3) is 3.41. The van der Waals surface area contributed by atoms with E-state index in [0.717, 1.165) is 12.1 Å². The first kappa shape index (κ1) is 20.0. The number of ether oxygens (including phenoxy) is 1. The smallest absolute Gasteiger partial charge is 0.341 e. The first-order valence-electron chi connectivity index (χ1n) is 8.46. The van der Waals surface area contributed by atoms with Crippen LogP contribution < -0.4 is 4.74 Å². The Labute approximate surface area is 156 Å². The molecule has 0 saturated carbocycles. The summed E-state index contributed by atoms with van der Waals surface area (Å²) in [5, 5.41) is 10.9. The summed E-state index contributed by atoms with van der Waals surface area (Å²) in [4.78, 5) is 15.3. The number of carbonyl (C=O) groups is 1. The Bertz CT molecular complexity index is 859. The first-order valence-corrected chi connectivity index (χ1v) is 10.0. The van der Waals surface area contributed by atoms with E-state index in [1.807, 2.05) is 4.90 Å². The monoisotopic (exact) mass is 404 g/mol. The highest BCUT2D eigenvalue weighted by molar-refractivity contribution is 7.91. The highest BCUT2D eigenvalue weighted by Crippen LogP contribution is 2.44. The van der Waals surface area contributed by atoms with Crippen LogP contribution in [0.25, 0.3) is 0 Å². The van der Waals surface area contributed by atoms with Crippen LogP contribution in [0.2, 0.25) is 0 Å². The molecule has 1 saturated heterocycles. The van der Waals surface area contributed by atoms with Crippen molar-refractivity contribution in [3.63, 3.8) is 0 Å². The Morgan fingerprint density at radius 1 is 1.30 bits per heavy atom. The van der Waals surface area contributed by atoms with Crippen LogP contribution >= 0.6 is 0 Å². The number of carbonyl (C=O) groups excluding carboxylic acids is 1. The lowest BCUT2D eigenvalue weighted by Gasteiger charge is -2.48. The predicted octanol–water partition coefficient (Wildman–Crippen LogP) is 1.03. The van der Waals surface area contributed by atoms with Crippen molar-refractivity contribution in [3.05, 3.63) is 23.8 Å². The second-order valence-corrected chi connectivity index (χ2v) is 9.34. The van der Waals surface area contributed by atoms with E-state index in [4.69, 9.17) is 4.74 Å². The summed E-state index contributed by atoms with van der Waals surface area (Å²) >= 11 is 0. The normalized spacial score (nSPS) is 26.0. The number of piperazine rings is 1. The molecule has 2 aliphatic heterocycles. The molecule has 3 rings (SSSR count). The number of amides is 1. The molecule has 27 heavy (non-hydrogen) atoms. The van der Waals surface area contributed by atoms with E-state index in [1.54, 1.807) is 20.9 Å². The molecule has 1 N–H and O–H groups in total. The summed E-state index contributed by atoms with van der Waals surface area (Å²) in [6, 6.07) is 2.53. The van der Waals surface area contributed by atoms with Gasteiger partial charge in [0, 0.05) is 18.7 Å². The van der Waals surface area contributed by atoms with Gasteiger partial charge in [-0.05, 0) is 39.1 Å². The topological polar surface area (TPSA) is 87.2 Å². The highest BCUT2D eigenvalue weighted by atomic mass is 32.2. The maximum Gasteiger partial charge on any atom is 0.341 e. The molecular weight excluding hydrogens is 382 g/mol. The average molecular weight is 404 g/mol. The molecule has 2 atom stereocenters. The maximum atomic E-state index is 12.9. The molecule has 0 unspecified atom stereocenters. The Balaban J connectivity index is 2.12. The number of nitrogens with zero attached hydrogens (tertiary/aromatic N) is 2. The van der Waals surface area contributed by atoms with Crippen molar-refractivity contribution in [3.8, 4) is 5.75 Å². The van der Waals surface area contributed by atoms with Gasteiger partial charge >= 0.3 is 5.76 Å². The maximum absolute atomic E-state index is 12.9. The Kier molecular flexibility index (Phi) is 4.94. The molecular formula is C17H22F2N2O5S. The van der Waals surface area contributed by atoms with Gasteiger partial charge in [0.2, 0.25) is 15.7 Å². The second kappa shape index (κ2) is 6.68. The van der Waals surface area contributed by atoms with Crippen molar-refractivity contribution in [1.82, 2.24) is 9.80 Å². The summed E-state index contributed by atoms with van der Waals surface area (Å²) in [5.74, 6) is -3.54. The van der Waals surface area contributed by atoms with Crippen LogP contribution in [0.3, 0.4) is 0 Å². The van der Waals surface area contributed by atoms with Gasteiger partial charge in [0.05, 0.1) is 17.5 Å². The van der Waals surface area contributed by atoms with Gasteiger partial charge in [-0.1, -0.05) is 0 Å². The van der Waals surface area contributed by atoms with E-state index in [2.05, 4.69) is 0 Å². The second-order valence-electron chi connectivity index (χ2n) is 7.43. The molecule has 2 heterocycles. The number of benzene rings is 1. The SMILES string of the molecule is CN1CCN([C@@H]2c3cc(S(=O)(=O)C(F)F)ccc3OC(C)(C)[C@H]2O)C(=O)C1. The number of halogens is 2. The van der Waals surface area contributed by atoms with Crippen LogP contribution in [0.15, 0.2) is 23.1 Å². The summed E-state index contributed by atoms with van der Waals surface area (Å²) in [5.41, 5.74) is -0.842. The highest BCUT2D eigenvalue weighted by Gasteiger charge is 2.47. The lowest BCUT2D eigenvalue weighted by molar-refractivity contribution is -0.149. The van der Waals surface area contributed by atoms with Crippen LogP contribution in [0.5, 0.6) is 5.75 Å². The summed E-state index contributed by atoms with van der Waals surface area (Å²) in [6.07, 6.45) is -1.16. The fourth-order valence-corrected chi connectivity index (χ4v) is 4.22. The van der Waals surface area contributed by atoms with Crippen molar-refractivity contribution in [2.45, 2.75) is 42.2 Å². The summed E-state index contributed by atoms with van der Waals surface area (Å²) in [7, 11) is -3.02. The van der Waals surface area contributed by atoms with Crippen LogP contribution in [0, 0.1) is 0 Å². The van der Waals surface area contributed by atoms with Gasteiger partial charge in [0.25, 0.3) is 0 Å². The fraction of sp³-hybridized carbons (Fsp3) is 0.588. The van der Waals surface area contributed by atoms with Crippen LogP contribution in [0.1, 0.15) is 25.5 Å². The number of aliphatic hydroxyl groups is 1. The average Bonchev–Trinajstić information content (AvgIpc) is 2.56. The van der Waals surface area contributed by atoms with E-state index in [-0.39, 0.29) is 23.8 Å². The van der Waals surface area contributed by atoms with Gasteiger partial charge in [-0.15, -0.1) is 0 Å². The van der Waals surface area contributed by atoms with E-state index in [9.17, 15) is 27.1 Å². The van der Waals surface area contributed by atoms with Crippen molar-refractivity contribution in [2.24, 2.45) is 0 Å². The number of alkyl halides is 2. The molecule has 10 heteroatoms. The number of aliphatic hydroxyl groups excluding tert-OH is 1. The van der Waals surface area contributed by atoms with Gasteiger partial charge in [0.1, 0.15) is 17.5 Å². The molecule has 0 aromatic heterocycles. The first-order chi connectivity index (χ1) is 12.4. The van der Waals surface area contributed by atoms with E-state index in [1.165, 1.54) is 11.0 Å². The molecule has 0 spiro atoms. The Hall–Kier alpha value is -1.78. The van der Waals surface area contributed by atoms with Gasteiger partial charge in [-0.2, -0.15) is 8.78 Å². The van der Waals surface area contributed by atoms with Crippen molar-refractivity contribution in [1.29, 1.82) is 0 Å². The zero-order valence-corrected chi connectivity index (χ0v) is 16.0. The largest absolute Gasteiger partial charge is 0.485 e. The Morgan fingerprint density at radius 3 is 2.56 bits per heavy atom. The van der Waals surface area contributed by atoms with Crippen LogP contribution in [-0.4, -0.2) is 73.4 Å². The zero-order chi connectivity index (χ0) is 20.1. The van der Waals surface area contributed by atoms with Gasteiger partial charge in [0.15, 0.2) is 0 Å². The Morgan fingerprint density at radius 2 is 1.96 bits per heavy atom. The minimum absolute atomic E-state index is 0.148. The number of likely N-dealkylation sites (N-methyl/N-ethyl adjacent to an activating group) is 1. The minimum atomic E-state index is -4.82. The molecule has 0 bridgehead atoms. The molecule has 0 radical (unpaired) electrons. The molecule has 7 nitrogen and oxygen atoms in total. The number of hydrogen-bond donors (Lipinski definition) is 1. The standard InChI is InChI=1S/C17H22F2N2O5S/c1-17(2)15(23)14(21-7-6-20(3)9-13(21)22)11-8-10(4-5-12(11)26-17)27(24,25)16(18)19/h4-5,8,14-16,23H,6-7,9H2,1-3H3/t14-,15+/m1/s1. The molecule has 0 aliphatic carbocycles. The number of rotatable bonds is 3. The molecule has 1 aromatic rings. The third-order valence-electron chi connectivity index (χ3n) is 5.03. The molecule has 2 aliphatic rings. The van der Waals surface area contributed by atoms with Gasteiger partial charge < -0.3 is 14.7 Å². The van der Waals surface area contributed by atoms with Gasteiger partial charge in [-0.25, -0.2) is 8.42 Å². The van der Waals surface area contributed by atoms with Crippen molar-refractivity contribution < 1.29 is 31.8 Å². The quantitative estimate of drug-likeness (QED) is 0.810. The molecule has 150 valence electrons. The number of hydrogen-bond acceptors (Lipinski definition) is 6. The molecule has 1 amide bonds. The number of sulfone groups is 1.